The van der Waals surface area contributed by atoms with E-state index in [9.17, 15) is 0 Å². The number of benzene rings is 2. The highest BCUT2D eigenvalue weighted by molar-refractivity contribution is 6.35. The van der Waals surface area contributed by atoms with E-state index in [1.807, 2.05) is 18.2 Å². The Kier molecular flexibility index (Phi) is 11.4. The molecule has 2 N–H and O–H groups in total. The highest BCUT2D eigenvalue weighted by atomic mass is 35.5. The smallest absolute Gasteiger partial charge is 0.0493 e. The van der Waals surface area contributed by atoms with Crippen molar-refractivity contribution in [2.24, 2.45) is 0 Å². The number of hydrogen-bond acceptors (Lipinski definition) is 2. The topological polar surface area (TPSA) is 29.0 Å². The van der Waals surface area contributed by atoms with Gasteiger partial charge in [0, 0.05) is 39.7 Å². The minimum absolute atomic E-state index is 0. The van der Waals surface area contributed by atoms with Gasteiger partial charge in [-0.05, 0) is 62.3 Å². The fourth-order valence-electron chi connectivity index (χ4n) is 3.48. The van der Waals surface area contributed by atoms with E-state index in [1.165, 1.54) is 22.2 Å². The fourth-order valence-corrected chi connectivity index (χ4v) is 3.95. The highest BCUT2D eigenvalue weighted by Crippen LogP contribution is 2.29. The molecular weight excluding hydrogens is 448 g/mol. The van der Waals surface area contributed by atoms with Gasteiger partial charge < -0.3 is 15.2 Å². The molecular formula is C22H29Cl4N3. The van der Waals surface area contributed by atoms with Crippen LogP contribution in [-0.4, -0.2) is 24.2 Å². The lowest BCUT2D eigenvalue weighted by molar-refractivity contribution is 0.605. The van der Waals surface area contributed by atoms with E-state index in [1.54, 1.807) is 0 Å². The van der Waals surface area contributed by atoms with Crippen molar-refractivity contribution in [3.63, 3.8) is 0 Å². The number of nitrogens with one attached hydrogen (secondary N) is 2. The van der Waals surface area contributed by atoms with Crippen molar-refractivity contribution in [2.75, 3.05) is 19.6 Å². The van der Waals surface area contributed by atoms with Crippen LogP contribution in [0.2, 0.25) is 10.0 Å². The maximum Gasteiger partial charge on any atom is 0.0493 e. The first-order chi connectivity index (χ1) is 13.1. The molecule has 0 aliphatic carbocycles. The van der Waals surface area contributed by atoms with Crippen LogP contribution in [0.5, 0.6) is 0 Å². The maximum atomic E-state index is 6.42. The average Bonchev–Trinajstić information content (AvgIpc) is 2.92. The van der Waals surface area contributed by atoms with E-state index in [0.29, 0.717) is 10.0 Å². The molecule has 160 valence electrons. The third-order valence-electron chi connectivity index (χ3n) is 4.96. The van der Waals surface area contributed by atoms with Gasteiger partial charge in [-0.1, -0.05) is 54.4 Å². The number of rotatable bonds is 9. The number of halogens is 4. The summed E-state index contributed by atoms with van der Waals surface area (Å²) in [5, 5.41) is 9.64. The maximum absolute atomic E-state index is 6.42. The monoisotopic (exact) mass is 475 g/mol. The molecule has 3 nitrogen and oxygen atoms in total. The summed E-state index contributed by atoms with van der Waals surface area (Å²) < 4.78 is 2.35. The van der Waals surface area contributed by atoms with Crippen molar-refractivity contribution in [3.05, 3.63) is 69.3 Å². The van der Waals surface area contributed by atoms with Crippen molar-refractivity contribution in [2.45, 2.75) is 33.4 Å². The molecule has 3 aromatic rings. The Morgan fingerprint density at radius 2 is 1.69 bits per heavy atom. The molecule has 1 heterocycles. The van der Waals surface area contributed by atoms with E-state index in [4.69, 9.17) is 23.2 Å². The minimum atomic E-state index is 0. The summed E-state index contributed by atoms with van der Waals surface area (Å²) >= 11 is 12.5. The van der Waals surface area contributed by atoms with Gasteiger partial charge in [0.25, 0.3) is 0 Å². The zero-order valence-corrected chi connectivity index (χ0v) is 19.9. The van der Waals surface area contributed by atoms with Crippen LogP contribution < -0.4 is 10.6 Å². The van der Waals surface area contributed by atoms with Crippen LogP contribution in [0.4, 0.5) is 0 Å². The predicted molar refractivity (Wildman–Crippen MR) is 132 cm³/mol. The SMILES string of the molecule is CCNCCCNCc1c(C)n(Cc2ccc(Cl)cc2Cl)c2ccccc12.Cl.Cl. The first kappa shape index (κ1) is 26.1. The van der Waals surface area contributed by atoms with Crippen molar-refractivity contribution >= 4 is 58.9 Å². The third-order valence-corrected chi connectivity index (χ3v) is 5.55. The first-order valence-corrected chi connectivity index (χ1v) is 10.3. The molecule has 0 fully saturated rings. The second-order valence-corrected chi connectivity index (χ2v) is 7.63. The summed E-state index contributed by atoms with van der Waals surface area (Å²) in [4.78, 5) is 0. The van der Waals surface area contributed by atoms with E-state index in [-0.39, 0.29) is 24.8 Å². The lowest BCUT2D eigenvalue weighted by atomic mass is 10.1. The number of para-hydroxylation sites is 1. The molecule has 0 aliphatic rings. The summed E-state index contributed by atoms with van der Waals surface area (Å²) in [6.07, 6.45) is 1.13. The van der Waals surface area contributed by atoms with Gasteiger partial charge in [0.1, 0.15) is 0 Å². The lowest BCUT2D eigenvalue weighted by Gasteiger charge is -2.11. The molecule has 0 saturated carbocycles. The van der Waals surface area contributed by atoms with Crippen LogP contribution in [0.25, 0.3) is 10.9 Å². The van der Waals surface area contributed by atoms with Crippen molar-refractivity contribution in [3.8, 4) is 0 Å². The van der Waals surface area contributed by atoms with Gasteiger partial charge >= 0.3 is 0 Å². The van der Waals surface area contributed by atoms with Crippen LogP contribution in [-0.2, 0) is 13.1 Å². The molecule has 0 spiro atoms. The molecule has 0 atom stereocenters. The van der Waals surface area contributed by atoms with Gasteiger partial charge in [0.05, 0.1) is 0 Å². The summed E-state index contributed by atoms with van der Waals surface area (Å²) in [5.41, 5.74) is 4.96. The van der Waals surface area contributed by atoms with Gasteiger partial charge in [0.15, 0.2) is 0 Å². The van der Waals surface area contributed by atoms with Crippen molar-refractivity contribution in [1.29, 1.82) is 0 Å². The van der Waals surface area contributed by atoms with Crippen molar-refractivity contribution < 1.29 is 0 Å². The van der Waals surface area contributed by atoms with Crippen LogP contribution >= 0.6 is 48.0 Å². The zero-order valence-electron chi connectivity index (χ0n) is 16.8. The minimum Gasteiger partial charge on any atom is -0.340 e. The normalized spacial score (nSPS) is 10.6. The van der Waals surface area contributed by atoms with Crippen LogP contribution in [0.15, 0.2) is 42.5 Å². The Labute approximate surface area is 196 Å². The Hall–Kier alpha value is -0.940. The third kappa shape index (κ3) is 6.52. The average molecular weight is 477 g/mol. The molecule has 0 unspecified atom stereocenters. The molecule has 7 heteroatoms. The Morgan fingerprint density at radius 3 is 2.41 bits per heavy atom. The number of hydrogen-bond donors (Lipinski definition) is 2. The van der Waals surface area contributed by atoms with Crippen molar-refractivity contribution in [1.82, 2.24) is 15.2 Å². The molecule has 0 bridgehead atoms. The van der Waals surface area contributed by atoms with E-state index < -0.39 is 0 Å². The van der Waals surface area contributed by atoms with E-state index >= 15 is 0 Å². The molecule has 3 rings (SSSR count). The number of fused-ring (bicyclic) bond motifs is 1. The molecule has 0 aliphatic heterocycles. The standard InChI is InChI=1S/C22H27Cl2N3.2ClH/c1-3-25-11-6-12-26-14-20-16(2)27(22-8-5-4-7-19(20)22)15-17-9-10-18(23)13-21(17)24;;/h4-5,7-10,13,25-26H,3,6,11-12,14-15H2,1-2H3;2*1H. The van der Waals surface area contributed by atoms with E-state index in [2.05, 4.69) is 53.3 Å². The Bertz CT molecular complexity index is 908. The first-order valence-electron chi connectivity index (χ1n) is 9.54. The summed E-state index contributed by atoms with van der Waals surface area (Å²) in [6.45, 7) is 9.04. The lowest BCUT2D eigenvalue weighted by Crippen LogP contribution is -2.21. The zero-order chi connectivity index (χ0) is 19.2. The fraction of sp³-hybridized carbons (Fsp3) is 0.364. The molecule has 0 radical (unpaired) electrons. The van der Waals surface area contributed by atoms with Crippen LogP contribution in [0, 0.1) is 6.92 Å². The summed E-state index contributed by atoms with van der Waals surface area (Å²) in [7, 11) is 0. The number of aromatic nitrogens is 1. The molecule has 2 aromatic carbocycles. The second-order valence-electron chi connectivity index (χ2n) is 6.79. The Balaban J connectivity index is 0.00000210. The second kappa shape index (κ2) is 12.7. The van der Waals surface area contributed by atoms with Gasteiger partial charge in [-0.25, -0.2) is 0 Å². The Morgan fingerprint density at radius 1 is 0.966 bits per heavy atom. The molecule has 0 saturated heterocycles. The number of nitrogens with zero attached hydrogens (tertiary/aromatic N) is 1. The molecule has 0 amide bonds. The molecule has 1 aromatic heterocycles. The van der Waals surface area contributed by atoms with Crippen LogP contribution in [0.1, 0.15) is 30.2 Å². The highest BCUT2D eigenvalue weighted by Gasteiger charge is 2.14. The van der Waals surface area contributed by atoms with Gasteiger partial charge in [-0.3, -0.25) is 0 Å². The van der Waals surface area contributed by atoms with Gasteiger partial charge in [-0.15, -0.1) is 24.8 Å². The molecule has 29 heavy (non-hydrogen) atoms. The van der Waals surface area contributed by atoms with Gasteiger partial charge in [-0.2, -0.15) is 0 Å². The summed E-state index contributed by atoms with van der Waals surface area (Å²) in [5.74, 6) is 0. The van der Waals surface area contributed by atoms with Crippen LogP contribution in [0.3, 0.4) is 0 Å². The van der Waals surface area contributed by atoms with Gasteiger partial charge in [0.2, 0.25) is 0 Å². The quantitative estimate of drug-likeness (QED) is 0.358. The predicted octanol–water partition coefficient (Wildman–Crippen LogP) is 6.24. The summed E-state index contributed by atoms with van der Waals surface area (Å²) in [6, 6.07) is 14.3. The largest absolute Gasteiger partial charge is 0.340 e. The van der Waals surface area contributed by atoms with E-state index in [0.717, 1.165) is 44.7 Å².